The number of anilines is 1. The number of aliphatic hydroxyl groups excluding tert-OH is 1. The lowest BCUT2D eigenvalue weighted by Crippen LogP contribution is -2.26. The highest BCUT2D eigenvalue weighted by Gasteiger charge is 2.08. The van der Waals surface area contributed by atoms with Crippen LogP contribution in [0.5, 0.6) is 0 Å². The summed E-state index contributed by atoms with van der Waals surface area (Å²) in [5.41, 5.74) is 1.66. The van der Waals surface area contributed by atoms with E-state index >= 15 is 0 Å². The third-order valence-corrected chi connectivity index (χ3v) is 2.40. The number of nitrogens with zero attached hydrogens (tertiary/aromatic N) is 3. The zero-order chi connectivity index (χ0) is 11.3. The lowest BCUT2D eigenvalue weighted by molar-refractivity contribution is 0.280. The summed E-state index contributed by atoms with van der Waals surface area (Å²) in [7, 11) is 0. The standard InChI is InChI=1S/C11H19N3O/c1-4-6-14(5-2)11-12-7-10(8-15)9(3)13-11/h7,15H,4-6,8H2,1-3H3. The highest BCUT2D eigenvalue weighted by molar-refractivity contribution is 5.32. The highest BCUT2D eigenvalue weighted by atomic mass is 16.3. The lowest BCUT2D eigenvalue weighted by atomic mass is 10.2. The Kier molecular flexibility index (Phi) is 4.49. The Balaban J connectivity index is 2.89. The Morgan fingerprint density at radius 3 is 2.60 bits per heavy atom. The van der Waals surface area contributed by atoms with Crippen LogP contribution in [0.25, 0.3) is 0 Å². The topological polar surface area (TPSA) is 49.2 Å². The maximum atomic E-state index is 9.01. The van der Waals surface area contributed by atoms with Gasteiger partial charge in [0.1, 0.15) is 0 Å². The second kappa shape index (κ2) is 5.66. The normalized spacial score (nSPS) is 10.4. The van der Waals surface area contributed by atoms with Gasteiger partial charge in [-0.25, -0.2) is 9.97 Å². The molecule has 0 fully saturated rings. The number of hydrogen-bond acceptors (Lipinski definition) is 4. The van der Waals surface area contributed by atoms with Gasteiger partial charge in [0.15, 0.2) is 0 Å². The van der Waals surface area contributed by atoms with Crippen LogP contribution in [-0.2, 0) is 6.61 Å². The molecule has 0 aromatic carbocycles. The van der Waals surface area contributed by atoms with E-state index in [2.05, 4.69) is 28.7 Å². The fourth-order valence-corrected chi connectivity index (χ4v) is 1.46. The van der Waals surface area contributed by atoms with E-state index in [1.54, 1.807) is 6.20 Å². The molecule has 1 aromatic rings. The van der Waals surface area contributed by atoms with Crippen LogP contribution in [0.1, 0.15) is 31.5 Å². The molecule has 1 N–H and O–H groups in total. The third kappa shape index (κ3) is 2.89. The number of rotatable bonds is 5. The molecule has 84 valence electrons. The van der Waals surface area contributed by atoms with Gasteiger partial charge in [0, 0.05) is 30.5 Å². The van der Waals surface area contributed by atoms with Crippen molar-refractivity contribution in [2.75, 3.05) is 18.0 Å². The van der Waals surface area contributed by atoms with Crippen molar-refractivity contribution in [2.45, 2.75) is 33.8 Å². The first kappa shape index (κ1) is 11.9. The minimum atomic E-state index is 0.00597. The SMILES string of the molecule is CCCN(CC)c1ncc(CO)c(C)n1. The van der Waals surface area contributed by atoms with Crippen LogP contribution in [0.15, 0.2) is 6.20 Å². The van der Waals surface area contributed by atoms with Gasteiger partial charge < -0.3 is 10.0 Å². The summed E-state index contributed by atoms with van der Waals surface area (Å²) in [5.74, 6) is 0.758. The van der Waals surface area contributed by atoms with Gasteiger partial charge in [-0.15, -0.1) is 0 Å². The monoisotopic (exact) mass is 209 g/mol. The van der Waals surface area contributed by atoms with Crippen molar-refractivity contribution in [3.8, 4) is 0 Å². The Morgan fingerprint density at radius 2 is 2.13 bits per heavy atom. The van der Waals surface area contributed by atoms with Crippen molar-refractivity contribution in [3.63, 3.8) is 0 Å². The van der Waals surface area contributed by atoms with E-state index in [0.29, 0.717) is 0 Å². The van der Waals surface area contributed by atoms with E-state index < -0.39 is 0 Å². The van der Waals surface area contributed by atoms with Crippen LogP contribution in [0.3, 0.4) is 0 Å². The fourth-order valence-electron chi connectivity index (χ4n) is 1.46. The second-order valence-corrected chi connectivity index (χ2v) is 3.52. The van der Waals surface area contributed by atoms with Gasteiger partial charge in [-0.2, -0.15) is 0 Å². The van der Waals surface area contributed by atoms with Crippen LogP contribution >= 0.6 is 0 Å². The van der Waals surface area contributed by atoms with Crippen molar-refractivity contribution >= 4 is 5.95 Å². The molecular formula is C11H19N3O. The van der Waals surface area contributed by atoms with Crippen LogP contribution in [0, 0.1) is 6.92 Å². The Bertz CT molecular complexity index is 315. The van der Waals surface area contributed by atoms with Crippen LogP contribution in [0.4, 0.5) is 5.95 Å². The number of aromatic nitrogens is 2. The molecule has 0 unspecified atom stereocenters. The fraction of sp³-hybridized carbons (Fsp3) is 0.636. The maximum absolute atomic E-state index is 9.01. The molecule has 0 aliphatic heterocycles. The quantitative estimate of drug-likeness (QED) is 0.798. The van der Waals surface area contributed by atoms with Crippen molar-refractivity contribution < 1.29 is 5.11 Å². The summed E-state index contributed by atoms with van der Waals surface area (Å²) in [4.78, 5) is 10.8. The minimum absolute atomic E-state index is 0.00597. The first-order valence-corrected chi connectivity index (χ1v) is 5.41. The lowest BCUT2D eigenvalue weighted by Gasteiger charge is -2.20. The van der Waals surface area contributed by atoms with E-state index in [1.165, 1.54) is 0 Å². The molecule has 0 radical (unpaired) electrons. The zero-order valence-corrected chi connectivity index (χ0v) is 9.69. The molecule has 0 saturated carbocycles. The first-order valence-electron chi connectivity index (χ1n) is 5.41. The second-order valence-electron chi connectivity index (χ2n) is 3.52. The molecule has 1 aromatic heterocycles. The highest BCUT2D eigenvalue weighted by Crippen LogP contribution is 2.11. The molecule has 4 nitrogen and oxygen atoms in total. The van der Waals surface area contributed by atoms with Gasteiger partial charge in [0.2, 0.25) is 5.95 Å². The molecule has 0 bridgehead atoms. The van der Waals surface area contributed by atoms with Gasteiger partial charge in [-0.3, -0.25) is 0 Å². The van der Waals surface area contributed by atoms with E-state index in [-0.39, 0.29) is 6.61 Å². The summed E-state index contributed by atoms with van der Waals surface area (Å²) in [6, 6.07) is 0. The molecule has 1 heterocycles. The van der Waals surface area contributed by atoms with Gasteiger partial charge in [-0.1, -0.05) is 6.92 Å². The maximum Gasteiger partial charge on any atom is 0.225 e. The molecule has 0 spiro atoms. The molecular weight excluding hydrogens is 190 g/mol. The van der Waals surface area contributed by atoms with Crippen molar-refractivity contribution in [3.05, 3.63) is 17.5 Å². The first-order chi connectivity index (χ1) is 7.22. The van der Waals surface area contributed by atoms with Crippen molar-refractivity contribution in [1.29, 1.82) is 0 Å². The molecule has 4 heteroatoms. The average Bonchev–Trinajstić information content (AvgIpc) is 2.25. The number of hydrogen-bond donors (Lipinski definition) is 1. The van der Waals surface area contributed by atoms with Gasteiger partial charge >= 0.3 is 0 Å². The molecule has 0 atom stereocenters. The Hall–Kier alpha value is -1.16. The summed E-state index contributed by atoms with van der Waals surface area (Å²) in [6.45, 7) is 8.01. The van der Waals surface area contributed by atoms with Crippen LogP contribution in [-0.4, -0.2) is 28.2 Å². The van der Waals surface area contributed by atoms with Gasteiger partial charge in [0.05, 0.1) is 6.61 Å². The third-order valence-electron chi connectivity index (χ3n) is 2.40. The van der Waals surface area contributed by atoms with E-state index in [9.17, 15) is 0 Å². The predicted octanol–water partition coefficient (Wildman–Crippen LogP) is 1.51. The van der Waals surface area contributed by atoms with E-state index in [1.807, 2.05) is 6.92 Å². The smallest absolute Gasteiger partial charge is 0.225 e. The zero-order valence-electron chi connectivity index (χ0n) is 9.69. The molecule has 1 rings (SSSR count). The van der Waals surface area contributed by atoms with Gasteiger partial charge in [0.25, 0.3) is 0 Å². The van der Waals surface area contributed by atoms with Crippen LogP contribution in [0.2, 0.25) is 0 Å². The van der Waals surface area contributed by atoms with Crippen molar-refractivity contribution in [1.82, 2.24) is 9.97 Å². The summed E-state index contributed by atoms with van der Waals surface area (Å²) >= 11 is 0. The Morgan fingerprint density at radius 1 is 1.40 bits per heavy atom. The predicted molar refractivity (Wildman–Crippen MR) is 60.9 cm³/mol. The molecule has 0 amide bonds. The van der Waals surface area contributed by atoms with E-state index in [0.717, 1.165) is 36.7 Å². The Labute approximate surface area is 91.0 Å². The summed E-state index contributed by atoms with van der Waals surface area (Å²) < 4.78 is 0. The minimum Gasteiger partial charge on any atom is -0.392 e. The van der Waals surface area contributed by atoms with E-state index in [4.69, 9.17) is 5.11 Å². The largest absolute Gasteiger partial charge is 0.392 e. The molecule has 15 heavy (non-hydrogen) atoms. The van der Waals surface area contributed by atoms with Gasteiger partial charge in [-0.05, 0) is 20.3 Å². The number of aryl methyl sites for hydroxylation is 1. The molecule has 0 aliphatic carbocycles. The molecule has 0 saturated heterocycles. The number of aliphatic hydroxyl groups is 1. The van der Waals surface area contributed by atoms with Crippen molar-refractivity contribution in [2.24, 2.45) is 0 Å². The summed E-state index contributed by atoms with van der Waals surface area (Å²) in [5, 5.41) is 9.01. The average molecular weight is 209 g/mol. The molecule has 0 aliphatic rings. The summed E-state index contributed by atoms with van der Waals surface area (Å²) in [6.07, 6.45) is 2.79. The van der Waals surface area contributed by atoms with Crippen LogP contribution < -0.4 is 4.90 Å².